The monoisotopic (exact) mass is 187 g/mol. The van der Waals surface area contributed by atoms with E-state index in [0.29, 0.717) is 6.04 Å². The molecular formula is C11H25NO. The molecule has 0 aromatic heterocycles. The van der Waals surface area contributed by atoms with Gasteiger partial charge in [-0.15, -0.1) is 0 Å². The van der Waals surface area contributed by atoms with E-state index in [1.807, 2.05) is 6.92 Å². The van der Waals surface area contributed by atoms with E-state index in [-0.39, 0.29) is 11.6 Å². The van der Waals surface area contributed by atoms with Gasteiger partial charge in [0.15, 0.2) is 0 Å². The Kier molecular flexibility index (Phi) is 4.93. The van der Waals surface area contributed by atoms with Crippen LogP contribution in [0, 0.1) is 0 Å². The van der Waals surface area contributed by atoms with Gasteiger partial charge in [-0.2, -0.15) is 0 Å². The van der Waals surface area contributed by atoms with Crippen molar-refractivity contribution in [2.75, 3.05) is 7.05 Å². The van der Waals surface area contributed by atoms with Crippen molar-refractivity contribution in [1.29, 1.82) is 0 Å². The minimum Gasteiger partial charge on any atom is -0.393 e. The van der Waals surface area contributed by atoms with Gasteiger partial charge in [-0.1, -0.05) is 6.92 Å². The van der Waals surface area contributed by atoms with E-state index < -0.39 is 0 Å². The molecule has 0 aliphatic rings. The SMILES string of the molecule is CC[C@@H](O)CC(C)(C)N(C)C(C)C. The molecule has 2 heteroatoms. The first-order valence-corrected chi connectivity index (χ1v) is 5.22. The van der Waals surface area contributed by atoms with Crippen LogP contribution in [-0.2, 0) is 0 Å². The number of nitrogens with zero attached hydrogens (tertiary/aromatic N) is 1. The summed E-state index contributed by atoms with van der Waals surface area (Å²) in [7, 11) is 2.12. The average Bonchev–Trinajstić information content (AvgIpc) is 2.01. The van der Waals surface area contributed by atoms with E-state index in [1.54, 1.807) is 0 Å². The molecule has 0 heterocycles. The number of aliphatic hydroxyl groups excluding tert-OH is 1. The molecule has 1 N–H and O–H groups in total. The maximum Gasteiger partial charge on any atom is 0.0555 e. The predicted octanol–water partition coefficient (Wildman–Crippen LogP) is 2.27. The molecule has 0 aromatic rings. The quantitative estimate of drug-likeness (QED) is 0.713. The number of hydrogen-bond donors (Lipinski definition) is 1. The zero-order chi connectivity index (χ0) is 10.6. The number of rotatable bonds is 5. The lowest BCUT2D eigenvalue weighted by Crippen LogP contribution is -2.47. The van der Waals surface area contributed by atoms with Crippen molar-refractivity contribution in [3.05, 3.63) is 0 Å². The molecule has 0 fully saturated rings. The first-order valence-electron chi connectivity index (χ1n) is 5.22. The van der Waals surface area contributed by atoms with Gasteiger partial charge in [-0.25, -0.2) is 0 Å². The van der Waals surface area contributed by atoms with Gasteiger partial charge in [0.2, 0.25) is 0 Å². The maximum absolute atomic E-state index is 9.60. The fraction of sp³-hybridized carbons (Fsp3) is 1.00. The van der Waals surface area contributed by atoms with Crippen LogP contribution in [0.3, 0.4) is 0 Å². The second kappa shape index (κ2) is 4.97. The van der Waals surface area contributed by atoms with Gasteiger partial charge >= 0.3 is 0 Å². The fourth-order valence-corrected chi connectivity index (χ4v) is 1.56. The minimum atomic E-state index is -0.170. The van der Waals surface area contributed by atoms with Crippen molar-refractivity contribution >= 4 is 0 Å². The Balaban J connectivity index is 4.21. The molecule has 0 amide bonds. The molecule has 0 spiro atoms. The Bertz CT molecular complexity index is 143. The summed E-state index contributed by atoms with van der Waals surface area (Å²) in [5.74, 6) is 0. The first kappa shape index (κ1) is 12.9. The van der Waals surface area contributed by atoms with Gasteiger partial charge in [0.25, 0.3) is 0 Å². The molecule has 0 aliphatic heterocycles. The Hall–Kier alpha value is -0.0800. The Morgan fingerprint density at radius 2 is 1.77 bits per heavy atom. The molecule has 80 valence electrons. The van der Waals surface area contributed by atoms with Crippen LogP contribution in [0.25, 0.3) is 0 Å². The van der Waals surface area contributed by atoms with Crippen LogP contribution >= 0.6 is 0 Å². The van der Waals surface area contributed by atoms with Gasteiger partial charge in [-0.3, -0.25) is 4.90 Å². The van der Waals surface area contributed by atoms with E-state index in [2.05, 4.69) is 39.6 Å². The summed E-state index contributed by atoms with van der Waals surface area (Å²) in [6.07, 6.45) is 1.52. The molecule has 0 bridgehead atoms. The van der Waals surface area contributed by atoms with E-state index in [0.717, 1.165) is 12.8 Å². The summed E-state index contributed by atoms with van der Waals surface area (Å²) in [4.78, 5) is 2.31. The molecule has 1 atom stereocenters. The van der Waals surface area contributed by atoms with E-state index in [1.165, 1.54) is 0 Å². The van der Waals surface area contributed by atoms with E-state index >= 15 is 0 Å². The molecule has 0 saturated carbocycles. The van der Waals surface area contributed by atoms with Crippen LogP contribution in [0.2, 0.25) is 0 Å². The molecule has 0 aliphatic carbocycles. The number of aliphatic hydroxyl groups is 1. The molecule has 13 heavy (non-hydrogen) atoms. The fourth-order valence-electron chi connectivity index (χ4n) is 1.56. The third kappa shape index (κ3) is 4.10. The van der Waals surface area contributed by atoms with Crippen molar-refractivity contribution < 1.29 is 5.11 Å². The number of hydrogen-bond acceptors (Lipinski definition) is 2. The Morgan fingerprint density at radius 3 is 2.08 bits per heavy atom. The lowest BCUT2D eigenvalue weighted by atomic mass is 9.93. The zero-order valence-corrected chi connectivity index (χ0v) is 9.96. The third-order valence-electron chi connectivity index (χ3n) is 2.94. The Morgan fingerprint density at radius 1 is 1.31 bits per heavy atom. The molecule has 0 radical (unpaired) electrons. The molecular weight excluding hydrogens is 162 g/mol. The van der Waals surface area contributed by atoms with Crippen LogP contribution in [0.1, 0.15) is 47.5 Å². The average molecular weight is 187 g/mol. The summed E-state index contributed by atoms with van der Waals surface area (Å²) < 4.78 is 0. The molecule has 2 nitrogen and oxygen atoms in total. The summed E-state index contributed by atoms with van der Waals surface area (Å²) in [5, 5.41) is 9.60. The summed E-state index contributed by atoms with van der Waals surface area (Å²) in [6, 6.07) is 0.527. The van der Waals surface area contributed by atoms with Crippen LogP contribution in [0.15, 0.2) is 0 Å². The van der Waals surface area contributed by atoms with E-state index in [9.17, 15) is 5.11 Å². The summed E-state index contributed by atoms with van der Waals surface area (Å²) >= 11 is 0. The zero-order valence-electron chi connectivity index (χ0n) is 9.96. The van der Waals surface area contributed by atoms with Crippen LogP contribution in [0.5, 0.6) is 0 Å². The largest absolute Gasteiger partial charge is 0.393 e. The van der Waals surface area contributed by atoms with Crippen molar-refractivity contribution in [2.45, 2.75) is 65.1 Å². The highest BCUT2D eigenvalue weighted by atomic mass is 16.3. The third-order valence-corrected chi connectivity index (χ3v) is 2.94. The van der Waals surface area contributed by atoms with Gasteiger partial charge in [0, 0.05) is 11.6 Å². The predicted molar refractivity (Wildman–Crippen MR) is 57.9 cm³/mol. The Labute approximate surface area is 82.9 Å². The molecule has 0 rings (SSSR count). The van der Waals surface area contributed by atoms with Crippen molar-refractivity contribution in [1.82, 2.24) is 4.90 Å². The van der Waals surface area contributed by atoms with Crippen LogP contribution in [0.4, 0.5) is 0 Å². The second-order valence-corrected chi connectivity index (χ2v) is 4.78. The van der Waals surface area contributed by atoms with Gasteiger partial charge in [0.05, 0.1) is 6.10 Å². The van der Waals surface area contributed by atoms with Crippen molar-refractivity contribution in [2.24, 2.45) is 0 Å². The molecule has 0 saturated heterocycles. The standard InChI is InChI=1S/C11H25NO/c1-7-10(13)8-11(4,5)12(6)9(2)3/h9-10,13H,7-8H2,1-6H3/t10-/m1/s1. The molecule has 0 aromatic carbocycles. The maximum atomic E-state index is 9.60. The highest BCUT2D eigenvalue weighted by Crippen LogP contribution is 2.22. The summed E-state index contributed by atoms with van der Waals surface area (Å²) in [6.45, 7) is 10.8. The first-order chi connectivity index (χ1) is 5.81. The smallest absolute Gasteiger partial charge is 0.0555 e. The van der Waals surface area contributed by atoms with Crippen LogP contribution < -0.4 is 0 Å². The highest BCUT2D eigenvalue weighted by molar-refractivity contribution is 4.83. The lowest BCUT2D eigenvalue weighted by molar-refractivity contribution is 0.0494. The minimum absolute atomic E-state index is 0.0869. The molecule has 0 unspecified atom stereocenters. The topological polar surface area (TPSA) is 23.5 Å². The van der Waals surface area contributed by atoms with Gasteiger partial charge < -0.3 is 5.11 Å². The second-order valence-electron chi connectivity index (χ2n) is 4.78. The highest BCUT2D eigenvalue weighted by Gasteiger charge is 2.27. The van der Waals surface area contributed by atoms with Gasteiger partial charge in [0.1, 0.15) is 0 Å². The van der Waals surface area contributed by atoms with Crippen molar-refractivity contribution in [3.8, 4) is 0 Å². The van der Waals surface area contributed by atoms with Gasteiger partial charge in [-0.05, 0) is 47.6 Å². The van der Waals surface area contributed by atoms with Crippen LogP contribution in [-0.4, -0.2) is 34.7 Å². The normalized spacial score (nSPS) is 15.5. The van der Waals surface area contributed by atoms with E-state index in [4.69, 9.17) is 0 Å². The lowest BCUT2D eigenvalue weighted by Gasteiger charge is -2.39. The van der Waals surface area contributed by atoms with Crippen molar-refractivity contribution in [3.63, 3.8) is 0 Å². The summed E-state index contributed by atoms with van der Waals surface area (Å²) in [5.41, 5.74) is 0.0869.